The molecule has 138 valence electrons. The fourth-order valence-electron chi connectivity index (χ4n) is 2.31. The molecule has 1 aromatic heterocycles. The molecule has 0 saturated heterocycles. The molecule has 0 radical (unpaired) electrons. The highest BCUT2D eigenvalue weighted by atomic mass is 35.5. The van der Waals surface area contributed by atoms with Gasteiger partial charge in [0.05, 0.1) is 5.69 Å². The summed E-state index contributed by atoms with van der Waals surface area (Å²) in [7, 11) is 0. The molecule has 0 unspecified atom stereocenters. The molecular weight excluding hydrogens is 374 g/mol. The summed E-state index contributed by atoms with van der Waals surface area (Å²) in [6.45, 7) is 0.628. The molecule has 1 heterocycles. The standard InChI is InChI=1S/C19H15ClF2N4O/c20-13-3-1-12(2-4-13)9-10-23-18-8-7-17(25-26-18)19(27)24-16-6-5-14(21)11-15(16)22/h1-8,11H,9-10H2,(H,23,26)(H,24,27). The lowest BCUT2D eigenvalue weighted by atomic mass is 10.1. The smallest absolute Gasteiger partial charge is 0.276 e. The van der Waals surface area contributed by atoms with Crippen LogP contribution in [0.2, 0.25) is 5.02 Å². The van der Waals surface area contributed by atoms with Crippen molar-refractivity contribution in [2.75, 3.05) is 17.2 Å². The van der Waals surface area contributed by atoms with E-state index in [1.54, 1.807) is 6.07 Å². The second-order valence-corrected chi connectivity index (χ2v) is 6.12. The van der Waals surface area contributed by atoms with Crippen LogP contribution in [-0.2, 0) is 6.42 Å². The van der Waals surface area contributed by atoms with Gasteiger partial charge < -0.3 is 10.6 Å². The number of nitrogens with one attached hydrogen (secondary N) is 2. The van der Waals surface area contributed by atoms with Crippen molar-refractivity contribution in [2.45, 2.75) is 6.42 Å². The van der Waals surface area contributed by atoms with E-state index in [-0.39, 0.29) is 11.4 Å². The first kappa shape index (κ1) is 18.7. The average molecular weight is 389 g/mol. The average Bonchev–Trinajstić information content (AvgIpc) is 2.66. The molecule has 2 N–H and O–H groups in total. The fraction of sp³-hybridized carbons (Fsp3) is 0.105. The fourth-order valence-corrected chi connectivity index (χ4v) is 2.44. The van der Waals surface area contributed by atoms with E-state index in [0.29, 0.717) is 23.5 Å². The van der Waals surface area contributed by atoms with Gasteiger partial charge in [0.25, 0.3) is 5.91 Å². The van der Waals surface area contributed by atoms with Crippen molar-refractivity contribution < 1.29 is 13.6 Å². The monoisotopic (exact) mass is 388 g/mol. The highest BCUT2D eigenvalue weighted by molar-refractivity contribution is 6.30. The minimum Gasteiger partial charge on any atom is -0.368 e. The second kappa shape index (κ2) is 8.55. The molecule has 8 heteroatoms. The number of benzene rings is 2. The molecular formula is C19H15ClF2N4O. The predicted molar refractivity (Wildman–Crippen MR) is 100.0 cm³/mol. The van der Waals surface area contributed by atoms with Gasteiger partial charge in [-0.2, -0.15) is 0 Å². The minimum atomic E-state index is -0.864. The van der Waals surface area contributed by atoms with Gasteiger partial charge in [0.15, 0.2) is 5.69 Å². The van der Waals surface area contributed by atoms with Crippen LogP contribution >= 0.6 is 11.6 Å². The Bertz CT molecular complexity index is 933. The zero-order chi connectivity index (χ0) is 19.2. The van der Waals surface area contributed by atoms with Crippen molar-refractivity contribution in [2.24, 2.45) is 0 Å². The summed E-state index contributed by atoms with van der Waals surface area (Å²) < 4.78 is 26.5. The number of halogens is 3. The third-order valence-electron chi connectivity index (χ3n) is 3.71. The van der Waals surface area contributed by atoms with Crippen LogP contribution in [0.5, 0.6) is 0 Å². The van der Waals surface area contributed by atoms with E-state index in [9.17, 15) is 13.6 Å². The van der Waals surface area contributed by atoms with E-state index in [0.717, 1.165) is 24.1 Å². The summed E-state index contributed by atoms with van der Waals surface area (Å²) in [5.74, 6) is -1.72. The van der Waals surface area contributed by atoms with E-state index in [1.165, 1.54) is 6.07 Å². The first-order valence-corrected chi connectivity index (χ1v) is 8.47. The van der Waals surface area contributed by atoms with E-state index >= 15 is 0 Å². The highest BCUT2D eigenvalue weighted by Crippen LogP contribution is 2.16. The number of carbonyl (C=O) groups is 1. The molecule has 0 atom stereocenters. The van der Waals surface area contributed by atoms with Crippen molar-refractivity contribution in [3.63, 3.8) is 0 Å². The van der Waals surface area contributed by atoms with E-state index in [1.807, 2.05) is 24.3 Å². The molecule has 5 nitrogen and oxygen atoms in total. The highest BCUT2D eigenvalue weighted by Gasteiger charge is 2.12. The summed E-state index contributed by atoms with van der Waals surface area (Å²) in [6, 6.07) is 13.5. The summed E-state index contributed by atoms with van der Waals surface area (Å²) in [5, 5.41) is 13.9. The van der Waals surface area contributed by atoms with Crippen molar-refractivity contribution in [1.29, 1.82) is 0 Å². The second-order valence-electron chi connectivity index (χ2n) is 5.69. The molecule has 27 heavy (non-hydrogen) atoms. The molecule has 0 spiro atoms. The van der Waals surface area contributed by atoms with Crippen LogP contribution in [0.4, 0.5) is 20.3 Å². The van der Waals surface area contributed by atoms with Crippen LogP contribution in [0.15, 0.2) is 54.6 Å². The number of carbonyl (C=O) groups excluding carboxylic acids is 1. The quantitative estimate of drug-likeness (QED) is 0.660. The van der Waals surface area contributed by atoms with Gasteiger partial charge in [0, 0.05) is 17.6 Å². The Hall–Kier alpha value is -3.06. The van der Waals surface area contributed by atoms with E-state index in [4.69, 9.17) is 11.6 Å². The van der Waals surface area contributed by atoms with Crippen molar-refractivity contribution in [3.8, 4) is 0 Å². The number of nitrogens with zero attached hydrogens (tertiary/aromatic N) is 2. The maximum atomic E-state index is 13.6. The third-order valence-corrected chi connectivity index (χ3v) is 3.96. The minimum absolute atomic E-state index is 0.0157. The van der Waals surface area contributed by atoms with Gasteiger partial charge in [-0.15, -0.1) is 10.2 Å². The number of aromatic nitrogens is 2. The van der Waals surface area contributed by atoms with Crippen LogP contribution in [-0.4, -0.2) is 22.6 Å². The predicted octanol–water partition coefficient (Wildman–Crippen LogP) is 4.32. The molecule has 0 aliphatic rings. The summed E-state index contributed by atoms with van der Waals surface area (Å²) >= 11 is 5.84. The molecule has 0 fully saturated rings. The van der Waals surface area contributed by atoms with Gasteiger partial charge in [0.1, 0.15) is 17.5 Å². The van der Waals surface area contributed by atoms with Crippen LogP contribution in [0.1, 0.15) is 16.1 Å². The Morgan fingerprint density at radius 3 is 2.44 bits per heavy atom. The number of rotatable bonds is 6. The van der Waals surface area contributed by atoms with E-state index in [2.05, 4.69) is 20.8 Å². The zero-order valence-corrected chi connectivity index (χ0v) is 14.8. The SMILES string of the molecule is O=C(Nc1ccc(F)cc1F)c1ccc(NCCc2ccc(Cl)cc2)nn1. The number of hydrogen-bond donors (Lipinski definition) is 2. The molecule has 3 rings (SSSR count). The summed E-state index contributed by atoms with van der Waals surface area (Å²) in [4.78, 5) is 12.1. The van der Waals surface area contributed by atoms with Gasteiger partial charge in [-0.1, -0.05) is 23.7 Å². The molecule has 1 amide bonds. The first-order valence-electron chi connectivity index (χ1n) is 8.10. The van der Waals surface area contributed by atoms with Gasteiger partial charge >= 0.3 is 0 Å². The normalized spacial score (nSPS) is 10.5. The van der Waals surface area contributed by atoms with Gasteiger partial charge in [-0.05, 0) is 48.4 Å². The lowest BCUT2D eigenvalue weighted by Crippen LogP contribution is -2.16. The van der Waals surface area contributed by atoms with Crippen molar-refractivity contribution in [3.05, 3.63) is 82.5 Å². The Labute approximate surface area is 159 Å². The van der Waals surface area contributed by atoms with Crippen LogP contribution < -0.4 is 10.6 Å². The van der Waals surface area contributed by atoms with Gasteiger partial charge in [-0.25, -0.2) is 8.78 Å². The van der Waals surface area contributed by atoms with Crippen molar-refractivity contribution >= 4 is 29.0 Å². The number of anilines is 2. The maximum Gasteiger partial charge on any atom is 0.276 e. The largest absolute Gasteiger partial charge is 0.368 e. The van der Waals surface area contributed by atoms with Crippen LogP contribution in [0.3, 0.4) is 0 Å². The molecule has 0 bridgehead atoms. The lowest BCUT2D eigenvalue weighted by Gasteiger charge is -2.07. The van der Waals surface area contributed by atoms with Crippen LogP contribution in [0, 0.1) is 11.6 Å². The van der Waals surface area contributed by atoms with E-state index < -0.39 is 17.5 Å². The molecule has 0 aliphatic carbocycles. The topological polar surface area (TPSA) is 66.9 Å². The third kappa shape index (κ3) is 5.21. The Balaban J connectivity index is 1.54. The lowest BCUT2D eigenvalue weighted by molar-refractivity contribution is 0.102. The van der Waals surface area contributed by atoms with Gasteiger partial charge in [0.2, 0.25) is 0 Å². The van der Waals surface area contributed by atoms with Crippen molar-refractivity contribution in [1.82, 2.24) is 10.2 Å². The zero-order valence-electron chi connectivity index (χ0n) is 14.0. The molecule has 3 aromatic rings. The molecule has 0 aliphatic heterocycles. The Morgan fingerprint density at radius 1 is 1.00 bits per heavy atom. The first-order chi connectivity index (χ1) is 13.0. The van der Waals surface area contributed by atoms with Crippen LogP contribution in [0.25, 0.3) is 0 Å². The number of hydrogen-bond acceptors (Lipinski definition) is 4. The van der Waals surface area contributed by atoms with Gasteiger partial charge in [-0.3, -0.25) is 4.79 Å². The summed E-state index contributed by atoms with van der Waals surface area (Å²) in [6.07, 6.45) is 0.769. The number of amides is 1. The molecule has 0 saturated carbocycles. The Kier molecular flexibility index (Phi) is 5.93. The summed E-state index contributed by atoms with van der Waals surface area (Å²) in [5.41, 5.74) is 1.01. The maximum absolute atomic E-state index is 13.6. The molecule has 2 aromatic carbocycles. The Morgan fingerprint density at radius 2 is 1.78 bits per heavy atom.